The Morgan fingerprint density at radius 2 is 1.93 bits per heavy atom. The van der Waals surface area contributed by atoms with Crippen molar-refractivity contribution in [3.05, 3.63) is 52.6 Å². The van der Waals surface area contributed by atoms with Crippen LogP contribution in [-0.4, -0.2) is 42.5 Å². The normalized spacial score (nSPS) is 13.6. The quantitative estimate of drug-likeness (QED) is 0.346. The smallest absolute Gasteiger partial charge is 0.191 e. The van der Waals surface area contributed by atoms with Crippen molar-refractivity contribution in [1.82, 2.24) is 20.4 Å². The van der Waals surface area contributed by atoms with Crippen molar-refractivity contribution in [1.29, 1.82) is 0 Å². The van der Waals surface area contributed by atoms with Crippen LogP contribution in [0.25, 0.3) is 0 Å². The number of hydrogen-bond donors (Lipinski definition) is 2. The second-order valence-corrected chi connectivity index (χ2v) is 6.75. The van der Waals surface area contributed by atoms with Gasteiger partial charge in [-0.2, -0.15) is 5.10 Å². The first-order valence-electron chi connectivity index (χ1n) is 9.10. The molecule has 6 nitrogen and oxygen atoms in total. The van der Waals surface area contributed by atoms with Gasteiger partial charge >= 0.3 is 0 Å². The Labute approximate surface area is 184 Å². The largest absolute Gasteiger partial charge is 0.375 e. The Bertz CT molecular complexity index is 776. The summed E-state index contributed by atoms with van der Waals surface area (Å²) in [7, 11) is 5.34. The molecule has 1 aromatic carbocycles. The van der Waals surface area contributed by atoms with Crippen molar-refractivity contribution >= 4 is 29.9 Å². The number of aromatic nitrogens is 2. The Kier molecular flexibility index (Phi) is 9.88. The molecular weight excluding hydrogens is 472 g/mol. The van der Waals surface area contributed by atoms with Crippen molar-refractivity contribution in [2.45, 2.75) is 39.3 Å². The van der Waals surface area contributed by atoms with Crippen LogP contribution < -0.4 is 10.6 Å². The highest BCUT2D eigenvalue weighted by molar-refractivity contribution is 14.0. The van der Waals surface area contributed by atoms with Gasteiger partial charge < -0.3 is 15.4 Å². The average molecular weight is 503 g/mol. The molecule has 28 heavy (non-hydrogen) atoms. The number of nitrogens with zero attached hydrogens (tertiary/aromatic N) is 3. The molecule has 2 rings (SSSR count). The van der Waals surface area contributed by atoms with E-state index in [9.17, 15) is 4.39 Å². The Morgan fingerprint density at radius 3 is 2.43 bits per heavy atom. The summed E-state index contributed by atoms with van der Waals surface area (Å²) in [6.45, 7) is 6.76. The first-order chi connectivity index (χ1) is 12.8. The summed E-state index contributed by atoms with van der Waals surface area (Å²) in [5, 5.41) is 11.2. The minimum Gasteiger partial charge on any atom is -0.375 e. The summed E-state index contributed by atoms with van der Waals surface area (Å²) in [5.41, 5.74) is 4.41. The molecule has 0 saturated carbocycles. The van der Waals surface area contributed by atoms with E-state index in [4.69, 9.17) is 4.74 Å². The molecule has 0 saturated heterocycles. The third-order valence-electron chi connectivity index (χ3n) is 4.76. The van der Waals surface area contributed by atoms with Crippen molar-refractivity contribution < 1.29 is 9.13 Å². The zero-order chi connectivity index (χ0) is 20.0. The number of nitrogens with one attached hydrogen (secondary N) is 2. The van der Waals surface area contributed by atoms with Crippen LogP contribution in [0.1, 0.15) is 35.5 Å². The molecule has 0 spiro atoms. The van der Waals surface area contributed by atoms with Gasteiger partial charge in [-0.1, -0.05) is 12.1 Å². The van der Waals surface area contributed by atoms with Gasteiger partial charge in [0.05, 0.1) is 11.8 Å². The monoisotopic (exact) mass is 503 g/mol. The summed E-state index contributed by atoms with van der Waals surface area (Å²) >= 11 is 0. The van der Waals surface area contributed by atoms with Crippen LogP contribution in [0, 0.1) is 19.7 Å². The van der Waals surface area contributed by atoms with Crippen LogP contribution in [-0.2, 0) is 18.2 Å². The fourth-order valence-corrected chi connectivity index (χ4v) is 3.10. The number of rotatable bonds is 7. The van der Waals surface area contributed by atoms with Crippen molar-refractivity contribution in [2.75, 3.05) is 20.7 Å². The number of guanidine groups is 1. The standard InChI is InChI=1S/C20H30FN5O.HI/c1-13(11-18-14(2)25-26(5)15(18)3)24-20(22-4)23-12-19(27-6)16-7-9-17(21)10-8-16;/h7-10,13,19H,11-12H2,1-6H3,(H2,22,23,24);1H. The minimum absolute atomic E-state index is 0. The molecule has 2 unspecified atom stereocenters. The summed E-state index contributed by atoms with van der Waals surface area (Å²) in [5.74, 6) is 0.444. The zero-order valence-corrected chi connectivity index (χ0v) is 19.7. The summed E-state index contributed by atoms with van der Waals surface area (Å²) < 4.78 is 20.6. The van der Waals surface area contributed by atoms with Crippen LogP contribution in [0.5, 0.6) is 0 Å². The molecule has 0 amide bonds. The van der Waals surface area contributed by atoms with Crippen molar-refractivity contribution in [2.24, 2.45) is 12.0 Å². The molecule has 0 radical (unpaired) electrons. The van der Waals surface area contributed by atoms with E-state index < -0.39 is 0 Å². The molecule has 1 heterocycles. The van der Waals surface area contributed by atoms with Crippen molar-refractivity contribution in [3.63, 3.8) is 0 Å². The molecule has 2 aromatic rings. The molecule has 0 aliphatic carbocycles. The average Bonchev–Trinajstić information content (AvgIpc) is 2.88. The zero-order valence-electron chi connectivity index (χ0n) is 17.4. The van der Waals surface area contributed by atoms with Crippen LogP contribution in [0.3, 0.4) is 0 Å². The molecular formula is C20H31FIN5O. The van der Waals surface area contributed by atoms with E-state index in [2.05, 4.69) is 34.6 Å². The maximum absolute atomic E-state index is 13.1. The molecule has 0 fully saturated rings. The number of ether oxygens (including phenoxy) is 1. The van der Waals surface area contributed by atoms with Gasteiger partial charge in [0.1, 0.15) is 5.82 Å². The second-order valence-electron chi connectivity index (χ2n) is 6.75. The number of benzene rings is 1. The molecule has 8 heteroatoms. The van der Waals surface area contributed by atoms with E-state index in [1.807, 2.05) is 18.7 Å². The molecule has 2 atom stereocenters. The lowest BCUT2D eigenvalue weighted by Crippen LogP contribution is -2.44. The highest BCUT2D eigenvalue weighted by atomic mass is 127. The van der Waals surface area contributed by atoms with Crippen molar-refractivity contribution in [3.8, 4) is 0 Å². The summed E-state index contributed by atoms with van der Waals surface area (Å²) in [6, 6.07) is 6.53. The van der Waals surface area contributed by atoms with Gasteiger partial charge in [-0.25, -0.2) is 4.39 Å². The van der Waals surface area contributed by atoms with Gasteiger partial charge in [0.25, 0.3) is 0 Å². The molecule has 0 aliphatic heterocycles. The Morgan fingerprint density at radius 1 is 1.29 bits per heavy atom. The van der Waals surface area contributed by atoms with E-state index in [0.717, 1.165) is 17.7 Å². The first kappa shape index (κ1) is 24.4. The number of halogens is 2. The second kappa shape index (κ2) is 11.4. The van der Waals surface area contributed by atoms with Gasteiger partial charge in [-0.15, -0.1) is 24.0 Å². The Hall–Kier alpha value is -1.68. The first-order valence-corrected chi connectivity index (χ1v) is 9.10. The van der Waals surface area contributed by atoms with E-state index >= 15 is 0 Å². The van der Waals surface area contributed by atoms with E-state index in [0.29, 0.717) is 12.5 Å². The lowest BCUT2D eigenvalue weighted by atomic mass is 10.1. The highest BCUT2D eigenvalue weighted by Crippen LogP contribution is 2.16. The summed E-state index contributed by atoms with van der Waals surface area (Å²) in [6.07, 6.45) is 0.667. The fraction of sp³-hybridized carbons (Fsp3) is 0.500. The Balaban J connectivity index is 0.00000392. The molecule has 1 aromatic heterocycles. The third kappa shape index (κ3) is 6.44. The maximum Gasteiger partial charge on any atom is 0.191 e. The topological polar surface area (TPSA) is 63.5 Å². The number of hydrogen-bond acceptors (Lipinski definition) is 3. The molecule has 0 bridgehead atoms. The summed E-state index contributed by atoms with van der Waals surface area (Å²) in [4.78, 5) is 4.29. The van der Waals surface area contributed by atoms with Gasteiger partial charge in [0, 0.05) is 39.5 Å². The highest BCUT2D eigenvalue weighted by Gasteiger charge is 2.15. The van der Waals surface area contributed by atoms with Gasteiger partial charge in [-0.3, -0.25) is 9.67 Å². The van der Waals surface area contributed by atoms with E-state index in [1.165, 1.54) is 23.4 Å². The fourth-order valence-electron chi connectivity index (χ4n) is 3.10. The predicted octanol–water partition coefficient (Wildman–Crippen LogP) is 3.28. The van der Waals surface area contributed by atoms with Gasteiger partial charge in [-0.05, 0) is 50.5 Å². The van der Waals surface area contributed by atoms with Gasteiger partial charge in [0.2, 0.25) is 0 Å². The SMILES string of the molecule is CN=C(NCC(OC)c1ccc(F)cc1)NC(C)Cc1c(C)nn(C)c1C.I. The molecule has 156 valence electrons. The predicted molar refractivity (Wildman–Crippen MR) is 122 cm³/mol. The number of aliphatic imine (C=N–C) groups is 1. The van der Waals surface area contributed by atoms with E-state index in [-0.39, 0.29) is 41.9 Å². The third-order valence-corrected chi connectivity index (χ3v) is 4.76. The van der Waals surface area contributed by atoms with E-state index in [1.54, 1.807) is 26.3 Å². The van der Waals surface area contributed by atoms with Gasteiger partial charge in [0.15, 0.2) is 5.96 Å². The maximum atomic E-state index is 13.1. The molecule has 0 aliphatic rings. The molecule has 2 N–H and O–H groups in total. The minimum atomic E-state index is -0.256. The van der Waals surface area contributed by atoms with Crippen LogP contribution >= 0.6 is 24.0 Å². The lowest BCUT2D eigenvalue weighted by Gasteiger charge is -2.21. The number of aryl methyl sites for hydroxylation is 2. The number of methoxy groups -OCH3 is 1. The lowest BCUT2D eigenvalue weighted by molar-refractivity contribution is 0.106. The van der Waals surface area contributed by atoms with Crippen LogP contribution in [0.15, 0.2) is 29.3 Å². The van der Waals surface area contributed by atoms with Crippen LogP contribution in [0.4, 0.5) is 4.39 Å². The van der Waals surface area contributed by atoms with Crippen LogP contribution in [0.2, 0.25) is 0 Å².